The maximum atomic E-state index is 11.8. The van der Waals surface area contributed by atoms with Gasteiger partial charge in [0.1, 0.15) is 5.60 Å². The Hall–Kier alpha value is -2.50. The van der Waals surface area contributed by atoms with Crippen LogP contribution in [-0.4, -0.2) is 21.5 Å². The third kappa shape index (κ3) is 3.74. The monoisotopic (exact) mass is 274 g/mol. The molecule has 6 heteroatoms. The van der Waals surface area contributed by atoms with Crippen molar-refractivity contribution in [1.82, 2.24) is 9.97 Å². The first-order valence-electron chi connectivity index (χ1n) is 6.25. The van der Waals surface area contributed by atoms with E-state index < -0.39 is 11.6 Å². The van der Waals surface area contributed by atoms with Gasteiger partial charge in [0.15, 0.2) is 5.69 Å². The minimum absolute atomic E-state index is 0.228. The molecular weight excluding hydrogens is 256 g/mol. The summed E-state index contributed by atoms with van der Waals surface area (Å²) in [7, 11) is 0. The number of aromatic amines is 1. The Balaban J connectivity index is 2.07. The predicted octanol–water partition coefficient (Wildman–Crippen LogP) is 2.69. The number of carbonyl (C=O) groups is 1. The second-order valence-electron chi connectivity index (χ2n) is 5.39. The molecule has 1 heterocycles. The quantitative estimate of drug-likeness (QED) is 0.591. The maximum Gasteiger partial charge on any atom is 0.359 e. The first kappa shape index (κ1) is 13.9. The number of hydrogen-bond acceptors (Lipinski definition) is 5. The molecule has 6 nitrogen and oxygen atoms in total. The number of esters is 1. The summed E-state index contributed by atoms with van der Waals surface area (Å²) in [5.41, 5.74) is 6.81. The summed E-state index contributed by atoms with van der Waals surface area (Å²) in [5, 5.41) is 3.03. The van der Waals surface area contributed by atoms with Crippen molar-refractivity contribution in [2.24, 2.45) is 0 Å². The van der Waals surface area contributed by atoms with Crippen molar-refractivity contribution in [1.29, 1.82) is 0 Å². The number of carbonyl (C=O) groups excluding carboxylic acids is 1. The number of nitrogens with zero attached hydrogens (tertiary/aromatic N) is 1. The molecule has 2 aromatic rings. The van der Waals surface area contributed by atoms with Gasteiger partial charge in [0.25, 0.3) is 0 Å². The van der Waals surface area contributed by atoms with Gasteiger partial charge in [-0.3, -0.25) is 0 Å². The number of nitrogen functional groups attached to an aromatic ring is 1. The summed E-state index contributed by atoms with van der Waals surface area (Å²) < 4.78 is 5.24. The average molecular weight is 274 g/mol. The Morgan fingerprint density at radius 1 is 1.40 bits per heavy atom. The van der Waals surface area contributed by atoms with Crippen LogP contribution in [0, 0.1) is 0 Å². The number of aromatic nitrogens is 2. The van der Waals surface area contributed by atoms with Crippen LogP contribution in [0.15, 0.2) is 30.5 Å². The number of hydrogen-bond donors (Lipinski definition) is 3. The fourth-order valence-electron chi connectivity index (χ4n) is 1.57. The van der Waals surface area contributed by atoms with Gasteiger partial charge in [0.05, 0.1) is 0 Å². The van der Waals surface area contributed by atoms with Gasteiger partial charge in [-0.05, 0) is 39.0 Å². The SMILES string of the molecule is CC(C)(C)OC(=O)c1c[nH]c(Nc2cccc(N)c2)n1. The normalized spacial score (nSPS) is 11.2. The lowest BCUT2D eigenvalue weighted by molar-refractivity contribution is 0.00635. The zero-order chi connectivity index (χ0) is 14.8. The van der Waals surface area contributed by atoms with Crippen molar-refractivity contribution in [2.75, 3.05) is 11.1 Å². The van der Waals surface area contributed by atoms with Gasteiger partial charge in [-0.25, -0.2) is 9.78 Å². The smallest absolute Gasteiger partial charge is 0.359 e. The molecule has 0 saturated heterocycles. The van der Waals surface area contributed by atoms with Gasteiger partial charge in [0.2, 0.25) is 5.95 Å². The number of nitrogens with two attached hydrogens (primary N) is 1. The highest BCUT2D eigenvalue weighted by Crippen LogP contribution is 2.17. The van der Waals surface area contributed by atoms with Crippen molar-refractivity contribution in [3.63, 3.8) is 0 Å². The second-order valence-corrected chi connectivity index (χ2v) is 5.39. The third-order valence-corrected chi connectivity index (χ3v) is 2.34. The topological polar surface area (TPSA) is 93.0 Å². The number of benzene rings is 1. The summed E-state index contributed by atoms with van der Waals surface area (Å²) in [6.07, 6.45) is 1.50. The Morgan fingerprint density at radius 3 is 2.80 bits per heavy atom. The van der Waals surface area contributed by atoms with Crippen LogP contribution in [0.5, 0.6) is 0 Å². The van der Waals surface area contributed by atoms with Crippen LogP contribution in [0.25, 0.3) is 0 Å². The largest absolute Gasteiger partial charge is 0.455 e. The van der Waals surface area contributed by atoms with E-state index in [-0.39, 0.29) is 5.69 Å². The molecular formula is C14H18N4O2. The molecule has 0 aliphatic rings. The molecule has 0 saturated carbocycles. The molecule has 0 aliphatic heterocycles. The average Bonchev–Trinajstić information content (AvgIpc) is 2.75. The molecule has 0 spiro atoms. The van der Waals surface area contributed by atoms with Crippen LogP contribution in [0.1, 0.15) is 31.3 Å². The van der Waals surface area contributed by atoms with Crippen LogP contribution >= 0.6 is 0 Å². The van der Waals surface area contributed by atoms with E-state index in [0.717, 1.165) is 5.69 Å². The molecule has 4 N–H and O–H groups in total. The number of H-pyrrole nitrogens is 1. The Morgan fingerprint density at radius 2 is 2.15 bits per heavy atom. The highest BCUT2D eigenvalue weighted by molar-refractivity contribution is 5.88. The Labute approximate surface area is 117 Å². The molecule has 0 bridgehead atoms. The Kier molecular flexibility index (Phi) is 3.65. The van der Waals surface area contributed by atoms with Crippen molar-refractivity contribution in [2.45, 2.75) is 26.4 Å². The number of anilines is 3. The van der Waals surface area contributed by atoms with E-state index in [2.05, 4.69) is 15.3 Å². The molecule has 20 heavy (non-hydrogen) atoms. The molecule has 0 atom stereocenters. The van der Waals surface area contributed by atoms with Crippen molar-refractivity contribution >= 4 is 23.3 Å². The molecule has 2 rings (SSSR count). The zero-order valence-electron chi connectivity index (χ0n) is 11.7. The Bertz CT molecular complexity index is 614. The van der Waals surface area contributed by atoms with Crippen LogP contribution in [0.4, 0.5) is 17.3 Å². The molecule has 106 valence electrons. The van der Waals surface area contributed by atoms with E-state index in [4.69, 9.17) is 10.5 Å². The first-order chi connectivity index (χ1) is 9.33. The highest BCUT2D eigenvalue weighted by Gasteiger charge is 2.20. The highest BCUT2D eigenvalue weighted by atomic mass is 16.6. The zero-order valence-corrected chi connectivity index (χ0v) is 11.7. The van der Waals surface area contributed by atoms with E-state index in [9.17, 15) is 4.79 Å². The molecule has 0 fully saturated rings. The van der Waals surface area contributed by atoms with Crippen LogP contribution < -0.4 is 11.1 Å². The second kappa shape index (κ2) is 5.24. The van der Waals surface area contributed by atoms with Crippen molar-refractivity contribution in [3.8, 4) is 0 Å². The third-order valence-electron chi connectivity index (χ3n) is 2.34. The van der Waals surface area contributed by atoms with E-state index >= 15 is 0 Å². The number of imidazole rings is 1. The number of ether oxygens (including phenoxy) is 1. The molecule has 0 amide bonds. The minimum atomic E-state index is -0.544. The fourth-order valence-corrected chi connectivity index (χ4v) is 1.57. The standard InChI is InChI=1S/C14H18N4O2/c1-14(2,3)20-12(19)11-8-16-13(18-11)17-10-6-4-5-9(15)7-10/h4-8H,15H2,1-3H3,(H2,16,17,18). The number of nitrogens with one attached hydrogen (secondary N) is 2. The van der Waals surface area contributed by atoms with Gasteiger partial charge in [-0.1, -0.05) is 6.07 Å². The van der Waals surface area contributed by atoms with Crippen LogP contribution in [0.2, 0.25) is 0 Å². The lowest BCUT2D eigenvalue weighted by Gasteiger charge is -2.18. The van der Waals surface area contributed by atoms with Gasteiger partial charge in [-0.2, -0.15) is 0 Å². The lowest BCUT2D eigenvalue weighted by atomic mass is 10.2. The summed E-state index contributed by atoms with van der Waals surface area (Å²) >= 11 is 0. The number of rotatable bonds is 3. The molecule has 1 aromatic carbocycles. The van der Waals surface area contributed by atoms with E-state index in [0.29, 0.717) is 11.6 Å². The van der Waals surface area contributed by atoms with Crippen LogP contribution in [-0.2, 0) is 4.74 Å². The molecule has 0 aliphatic carbocycles. The van der Waals surface area contributed by atoms with E-state index in [1.807, 2.05) is 32.9 Å². The first-order valence-corrected chi connectivity index (χ1v) is 6.25. The summed E-state index contributed by atoms with van der Waals surface area (Å²) in [6, 6.07) is 7.25. The minimum Gasteiger partial charge on any atom is -0.455 e. The van der Waals surface area contributed by atoms with Gasteiger partial charge in [0, 0.05) is 17.6 Å². The maximum absolute atomic E-state index is 11.8. The van der Waals surface area contributed by atoms with Gasteiger partial charge in [-0.15, -0.1) is 0 Å². The fraction of sp³-hybridized carbons (Fsp3) is 0.286. The van der Waals surface area contributed by atoms with Crippen molar-refractivity contribution in [3.05, 3.63) is 36.2 Å². The van der Waals surface area contributed by atoms with E-state index in [1.165, 1.54) is 6.20 Å². The van der Waals surface area contributed by atoms with Gasteiger partial charge >= 0.3 is 5.97 Å². The van der Waals surface area contributed by atoms with Crippen LogP contribution in [0.3, 0.4) is 0 Å². The van der Waals surface area contributed by atoms with Gasteiger partial charge < -0.3 is 20.8 Å². The summed E-state index contributed by atoms with van der Waals surface area (Å²) in [5.74, 6) is -0.00849. The van der Waals surface area contributed by atoms with Crippen molar-refractivity contribution < 1.29 is 9.53 Å². The molecule has 0 unspecified atom stereocenters. The molecule has 1 aromatic heterocycles. The molecule has 0 radical (unpaired) electrons. The van der Waals surface area contributed by atoms with E-state index in [1.54, 1.807) is 12.1 Å². The predicted molar refractivity (Wildman–Crippen MR) is 77.9 cm³/mol. The summed E-state index contributed by atoms with van der Waals surface area (Å²) in [6.45, 7) is 5.43. The lowest BCUT2D eigenvalue weighted by Crippen LogP contribution is -2.24. The summed E-state index contributed by atoms with van der Waals surface area (Å²) in [4.78, 5) is 18.8.